The maximum absolute atomic E-state index is 6.07. The van der Waals surface area contributed by atoms with Gasteiger partial charge < -0.3 is 0 Å². The van der Waals surface area contributed by atoms with E-state index in [-0.39, 0.29) is 0 Å². The highest BCUT2D eigenvalue weighted by molar-refractivity contribution is 6.31. The monoisotopic (exact) mass is 273 g/mol. The molecule has 0 N–H and O–H groups in total. The van der Waals surface area contributed by atoms with E-state index in [0.29, 0.717) is 5.15 Å². The van der Waals surface area contributed by atoms with Crippen molar-refractivity contribution in [1.82, 2.24) is 4.98 Å². The van der Waals surface area contributed by atoms with Crippen LogP contribution in [0.2, 0.25) is 10.2 Å². The zero-order valence-corrected chi connectivity index (χ0v) is 10.9. The van der Waals surface area contributed by atoms with Gasteiger partial charge in [0.1, 0.15) is 5.15 Å². The molecular weight excluding hydrogens is 265 g/mol. The van der Waals surface area contributed by atoms with Crippen LogP contribution in [-0.4, -0.2) is 4.98 Å². The first kappa shape index (κ1) is 11.5. The highest BCUT2D eigenvalue weighted by Gasteiger charge is 2.06. The number of halogens is 2. The fraction of sp³-hybridized carbons (Fsp3) is 0. The number of para-hydroxylation sites is 1. The summed E-state index contributed by atoms with van der Waals surface area (Å²) >= 11 is 12.0. The van der Waals surface area contributed by atoms with Crippen LogP contribution in [0.5, 0.6) is 0 Å². The van der Waals surface area contributed by atoms with Gasteiger partial charge in [0.25, 0.3) is 0 Å². The highest BCUT2D eigenvalue weighted by Crippen LogP contribution is 2.30. The summed E-state index contributed by atoms with van der Waals surface area (Å²) in [6.45, 7) is 0. The first-order valence-corrected chi connectivity index (χ1v) is 6.31. The fourth-order valence-corrected chi connectivity index (χ4v) is 2.34. The van der Waals surface area contributed by atoms with E-state index in [4.69, 9.17) is 23.2 Å². The van der Waals surface area contributed by atoms with Gasteiger partial charge >= 0.3 is 0 Å². The quantitative estimate of drug-likeness (QED) is 0.555. The van der Waals surface area contributed by atoms with E-state index in [0.717, 1.165) is 27.1 Å². The Balaban J connectivity index is 2.31. The van der Waals surface area contributed by atoms with Crippen molar-refractivity contribution in [1.29, 1.82) is 0 Å². The Morgan fingerprint density at radius 1 is 0.833 bits per heavy atom. The molecule has 0 saturated heterocycles. The van der Waals surface area contributed by atoms with Crippen molar-refractivity contribution in [2.45, 2.75) is 0 Å². The van der Waals surface area contributed by atoms with Crippen molar-refractivity contribution in [2.24, 2.45) is 0 Å². The van der Waals surface area contributed by atoms with Crippen molar-refractivity contribution >= 4 is 34.1 Å². The van der Waals surface area contributed by atoms with E-state index in [1.165, 1.54) is 0 Å². The molecule has 1 heterocycles. The molecule has 0 saturated carbocycles. The van der Waals surface area contributed by atoms with Crippen LogP contribution in [0.1, 0.15) is 0 Å². The maximum Gasteiger partial charge on any atom is 0.130 e. The molecule has 0 unspecified atom stereocenters. The van der Waals surface area contributed by atoms with Crippen LogP contribution in [0.3, 0.4) is 0 Å². The van der Waals surface area contributed by atoms with Crippen molar-refractivity contribution in [2.75, 3.05) is 0 Å². The number of aromatic nitrogens is 1. The Kier molecular flexibility index (Phi) is 2.94. The lowest BCUT2D eigenvalue weighted by Gasteiger charge is -2.07. The van der Waals surface area contributed by atoms with Crippen LogP contribution in [0.15, 0.2) is 54.6 Å². The van der Waals surface area contributed by atoms with Gasteiger partial charge in [0.2, 0.25) is 0 Å². The van der Waals surface area contributed by atoms with Crippen molar-refractivity contribution < 1.29 is 0 Å². The van der Waals surface area contributed by atoms with Crippen LogP contribution < -0.4 is 0 Å². The van der Waals surface area contributed by atoms with Crippen molar-refractivity contribution in [3.63, 3.8) is 0 Å². The minimum absolute atomic E-state index is 0.499. The van der Waals surface area contributed by atoms with Gasteiger partial charge in [-0.3, -0.25) is 0 Å². The molecule has 0 atom stereocenters. The summed E-state index contributed by atoms with van der Waals surface area (Å²) in [7, 11) is 0. The van der Waals surface area contributed by atoms with E-state index in [1.807, 2.05) is 54.6 Å². The lowest BCUT2D eigenvalue weighted by Crippen LogP contribution is -1.85. The van der Waals surface area contributed by atoms with Gasteiger partial charge in [0.05, 0.1) is 5.52 Å². The van der Waals surface area contributed by atoms with Gasteiger partial charge in [-0.1, -0.05) is 53.5 Å². The maximum atomic E-state index is 6.07. The molecule has 0 amide bonds. The Morgan fingerprint density at radius 2 is 1.56 bits per heavy atom. The molecule has 0 aliphatic heterocycles. The van der Waals surface area contributed by atoms with Crippen LogP contribution in [0.25, 0.3) is 22.0 Å². The second kappa shape index (κ2) is 4.60. The SMILES string of the molecule is Clc1ccc(-c2cc(Cl)nc3ccccc23)cc1. The molecule has 1 nitrogen and oxygen atoms in total. The molecule has 0 bridgehead atoms. The number of fused-ring (bicyclic) bond motifs is 1. The zero-order valence-electron chi connectivity index (χ0n) is 9.40. The molecule has 2 aromatic carbocycles. The standard InChI is InChI=1S/C15H9Cl2N/c16-11-7-5-10(6-8-11)13-9-15(17)18-14-4-2-1-3-12(13)14/h1-9H. The molecule has 0 aliphatic carbocycles. The van der Waals surface area contributed by atoms with E-state index < -0.39 is 0 Å². The molecule has 3 aromatic rings. The molecule has 0 aliphatic rings. The second-order valence-electron chi connectivity index (χ2n) is 4.02. The van der Waals surface area contributed by atoms with E-state index in [9.17, 15) is 0 Å². The summed E-state index contributed by atoms with van der Waals surface area (Å²) in [4.78, 5) is 4.32. The average Bonchev–Trinajstić information content (AvgIpc) is 2.38. The molecule has 88 valence electrons. The number of pyridine rings is 1. The molecule has 1 aromatic heterocycles. The Morgan fingerprint density at radius 3 is 2.33 bits per heavy atom. The Bertz CT molecular complexity index is 705. The minimum atomic E-state index is 0.499. The van der Waals surface area contributed by atoms with Crippen LogP contribution in [-0.2, 0) is 0 Å². The highest BCUT2D eigenvalue weighted by atomic mass is 35.5. The van der Waals surface area contributed by atoms with Gasteiger partial charge in [-0.15, -0.1) is 0 Å². The van der Waals surface area contributed by atoms with Gasteiger partial charge in [-0.2, -0.15) is 0 Å². The smallest absolute Gasteiger partial charge is 0.130 e. The molecule has 18 heavy (non-hydrogen) atoms. The Labute approximate surface area is 115 Å². The van der Waals surface area contributed by atoms with Crippen LogP contribution in [0, 0.1) is 0 Å². The lowest BCUT2D eigenvalue weighted by atomic mass is 10.0. The summed E-state index contributed by atoms with van der Waals surface area (Å²) in [6, 6.07) is 17.6. The number of benzene rings is 2. The van der Waals surface area contributed by atoms with Crippen LogP contribution >= 0.6 is 23.2 Å². The minimum Gasteiger partial charge on any atom is -0.236 e. The normalized spacial score (nSPS) is 10.8. The summed E-state index contributed by atoms with van der Waals surface area (Å²) in [6.07, 6.45) is 0. The fourth-order valence-electron chi connectivity index (χ4n) is 2.01. The topological polar surface area (TPSA) is 12.9 Å². The predicted octanol–water partition coefficient (Wildman–Crippen LogP) is 5.21. The lowest BCUT2D eigenvalue weighted by molar-refractivity contribution is 1.41. The first-order chi connectivity index (χ1) is 8.74. The molecule has 0 radical (unpaired) electrons. The summed E-state index contributed by atoms with van der Waals surface area (Å²) in [5.41, 5.74) is 3.05. The molecule has 3 rings (SSSR count). The van der Waals surface area contributed by atoms with E-state index in [2.05, 4.69) is 4.98 Å². The third kappa shape index (κ3) is 2.07. The second-order valence-corrected chi connectivity index (χ2v) is 4.84. The number of nitrogens with zero attached hydrogens (tertiary/aromatic N) is 1. The first-order valence-electron chi connectivity index (χ1n) is 5.55. The number of hydrogen-bond donors (Lipinski definition) is 0. The van der Waals surface area contributed by atoms with Crippen molar-refractivity contribution in [3.8, 4) is 11.1 Å². The number of rotatable bonds is 1. The van der Waals surface area contributed by atoms with Crippen molar-refractivity contribution in [3.05, 3.63) is 64.8 Å². The molecule has 3 heteroatoms. The summed E-state index contributed by atoms with van der Waals surface area (Å²) in [5.74, 6) is 0. The predicted molar refractivity (Wildman–Crippen MR) is 77.2 cm³/mol. The third-order valence-corrected chi connectivity index (χ3v) is 3.29. The van der Waals surface area contributed by atoms with Gasteiger partial charge in [0, 0.05) is 10.4 Å². The largest absolute Gasteiger partial charge is 0.236 e. The average molecular weight is 274 g/mol. The zero-order chi connectivity index (χ0) is 12.5. The van der Waals surface area contributed by atoms with E-state index in [1.54, 1.807) is 0 Å². The van der Waals surface area contributed by atoms with Crippen LogP contribution in [0.4, 0.5) is 0 Å². The van der Waals surface area contributed by atoms with Gasteiger partial charge in [0.15, 0.2) is 0 Å². The van der Waals surface area contributed by atoms with Gasteiger partial charge in [-0.25, -0.2) is 4.98 Å². The Hall–Kier alpha value is -1.57. The third-order valence-electron chi connectivity index (χ3n) is 2.84. The van der Waals surface area contributed by atoms with Gasteiger partial charge in [-0.05, 0) is 35.4 Å². The number of hydrogen-bond acceptors (Lipinski definition) is 1. The summed E-state index contributed by atoms with van der Waals surface area (Å²) < 4.78 is 0. The molecule has 0 fully saturated rings. The van der Waals surface area contributed by atoms with E-state index >= 15 is 0 Å². The molecular formula is C15H9Cl2N. The molecule has 0 spiro atoms. The summed E-state index contributed by atoms with van der Waals surface area (Å²) in [5, 5.41) is 2.31.